The quantitative estimate of drug-likeness (QED) is 0.261. The fourth-order valence-electron chi connectivity index (χ4n) is 5.65. The van der Waals surface area contributed by atoms with Crippen LogP contribution in [0.3, 0.4) is 0 Å². The molecule has 270 valence electrons. The van der Waals surface area contributed by atoms with Gasteiger partial charge >= 0.3 is 12.2 Å². The summed E-state index contributed by atoms with van der Waals surface area (Å²) in [4.78, 5) is 68.6. The number of halogens is 1. The van der Waals surface area contributed by atoms with Gasteiger partial charge in [0.05, 0.1) is 11.8 Å². The lowest BCUT2D eigenvalue weighted by Crippen LogP contribution is -2.60. The first-order chi connectivity index (χ1) is 22.6. The van der Waals surface area contributed by atoms with Gasteiger partial charge in [-0.2, -0.15) is 0 Å². The van der Waals surface area contributed by atoms with Gasteiger partial charge in [0.2, 0.25) is 21.8 Å². The highest BCUT2D eigenvalue weighted by atomic mass is 35.5. The maximum Gasteiger partial charge on any atom is 0.411 e. The molecule has 5 amide bonds. The number of rotatable bonds is 10. The number of nitrogens with zero attached hydrogens (tertiary/aromatic N) is 1. The molecule has 0 aromatic heterocycles. The van der Waals surface area contributed by atoms with E-state index in [0.29, 0.717) is 23.6 Å². The molecule has 16 heteroatoms. The third kappa shape index (κ3) is 9.24. The maximum absolute atomic E-state index is 14.2. The molecule has 4 rings (SSSR count). The molecule has 1 aliphatic heterocycles. The number of carbonyl (C=O) groups excluding carboxylic acids is 5. The second-order valence-electron chi connectivity index (χ2n) is 15.0. The van der Waals surface area contributed by atoms with E-state index in [1.54, 1.807) is 66.7 Å². The lowest BCUT2D eigenvalue weighted by Gasteiger charge is -2.36. The van der Waals surface area contributed by atoms with Crippen LogP contribution >= 0.6 is 11.6 Å². The molecule has 4 N–H and O–H groups in total. The number of ether oxygens (including phenoxy) is 2. The molecular weight excluding hydrogens is 678 g/mol. The van der Waals surface area contributed by atoms with Gasteiger partial charge in [-0.25, -0.2) is 18.0 Å². The second-order valence-corrected chi connectivity index (χ2v) is 17.4. The number of hydrogen-bond donors (Lipinski definition) is 4. The van der Waals surface area contributed by atoms with Crippen LogP contribution in [-0.2, 0) is 33.9 Å². The Hall–Kier alpha value is -3.85. The van der Waals surface area contributed by atoms with Crippen LogP contribution in [0.5, 0.6) is 0 Å². The minimum atomic E-state index is -3.92. The van der Waals surface area contributed by atoms with E-state index in [-0.39, 0.29) is 19.4 Å². The summed E-state index contributed by atoms with van der Waals surface area (Å²) in [6.45, 7) is 15.5. The highest BCUT2D eigenvalue weighted by Gasteiger charge is 2.62. The van der Waals surface area contributed by atoms with Crippen molar-refractivity contribution in [3.63, 3.8) is 0 Å². The first kappa shape index (κ1) is 38.0. The number of carbonyl (C=O) groups is 5. The van der Waals surface area contributed by atoms with Crippen LogP contribution in [0.15, 0.2) is 30.9 Å². The lowest BCUT2D eigenvalue weighted by molar-refractivity contribution is -0.143. The van der Waals surface area contributed by atoms with Gasteiger partial charge in [-0.15, -0.1) is 6.58 Å². The Labute approximate surface area is 292 Å². The molecule has 2 unspecified atom stereocenters. The monoisotopic (exact) mass is 723 g/mol. The Morgan fingerprint density at radius 1 is 1.08 bits per heavy atom. The van der Waals surface area contributed by atoms with E-state index in [2.05, 4.69) is 27.3 Å². The van der Waals surface area contributed by atoms with Gasteiger partial charge in [0.1, 0.15) is 29.3 Å². The molecule has 1 saturated heterocycles. The molecule has 49 heavy (non-hydrogen) atoms. The Morgan fingerprint density at radius 2 is 1.73 bits per heavy atom. The number of likely N-dealkylation sites (tertiary alicyclic amines) is 1. The molecule has 0 bridgehead atoms. The van der Waals surface area contributed by atoms with Crippen LogP contribution in [0.2, 0.25) is 5.02 Å². The third-order valence-electron chi connectivity index (χ3n) is 8.58. The number of benzene rings is 1. The Kier molecular flexibility index (Phi) is 10.7. The number of sulfonamides is 1. The van der Waals surface area contributed by atoms with E-state index in [0.717, 1.165) is 5.56 Å². The molecule has 2 aliphatic carbocycles. The normalized spacial score (nSPS) is 24.2. The van der Waals surface area contributed by atoms with Gasteiger partial charge in [-0.3, -0.25) is 24.4 Å². The molecule has 2 saturated carbocycles. The summed E-state index contributed by atoms with van der Waals surface area (Å²) in [6, 6.07) is 2.49. The Balaban J connectivity index is 1.59. The summed E-state index contributed by atoms with van der Waals surface area (Å²) in [5.41, 5.74) is -2.19. The highest BCUT2D eigenvalue weighted by Crippen LogP contribution is 2.45. The standard InChI is InChI=1S/C33H46ClN5O9S/c1-9-19-16-33(19,28(42)38-49(45,46)22-12-13-22)37-26(40)24-15-21(47-29(43)35-23-14-20(34)11-10-18(23)2)17-39(24)27(41)25(31(3,4)5)36-30(44)48-32(6,7)8/h9-11,14,19,21-22,24-25H,1,12-13,15-17H2,2-8H3,(H,35,43)(H,36,44)(H,37,40)(H,38,42)/t19?,21-,24+,25-,33?/m1/s1. The van der Waals surface area contributed by atoms with Crippen LogP contribution in [0.25, 0.3) is 0 Å². The van der Waals surface area contributed by atoms with Gasteiger partial charge in [-0.1, -0.05) is 44.5 Å². The van der Waals surface area contributed by atoms with E-state index < -0.39 is 85.8 Å². The Morgan fingerprint density at radius 3 is 2.29 bits per heavy atom. The summed E-state index contributed by atoms with van der Waals surface area (Å²) in [6.07, 6.45) is -0.400. The van der Waals surface area contributed by atoms with Crippen molar-refractivity contribution in [1.82, 2.24) is 20.3 Å². The summed E-state index contributed by atoms with van der Waals surface area (Å²) >= 11 is 6.08. The minimum Gasteiger partial charge on any atom is -0.444 e. The lowest BCUT2D eigenvalue weighted by atomic mass is 9.85. The van der Waals surface area contributed by atoms with E-state index in [1.807, 2.05) is 0 Å². The molecule has 5 atom stereocenters. The topological polar surface area (TPSA) is 189 Å². The van der Waals surface area contributed by atoms with Crippen molar-refractivity contribution in [3.8, 4) is 0 Å². The van der Waals surface area contributed by atoms with E-state index in [9.17, 15) is 32.4 Å². The van der Waals surface area contributed by atoms with E-state index in [4.69, 9.17) is 21.1 Å². The predicted octanol–water partition coefficient (Wildman–Crippen LogP) is 3.78. The van der Waals surface area contributed by atoms with Crippen LogP contribution < -0.4 is 20.7 Å². The summed E-state index contributed by atoms with van der Waals surface area (Å²) in [5.74, 6) is -2.87. The number of amides is 5. The van der Waals surface area contributed by atoms with Crippen LogP contribution in [0.1, 0.15) is 72.8 Å². The molecule has 1 heterocycles. The molecular formula is C33H46ClN5O9S. The second kappa shape index (κ2) is 13.8. The minimum absolute atomic E-state index is 0.0983. The first-order valence-electron chi connectivity index (χ1n) is 16.1. The van der Waals surface area contributed by atoms with Crippen LogP contribution in [0, 0.1) is 18.3 Å². The van der Waals surface area contributed by atoms with Gasteiger partial charge in [-0.05, 0) is 70.1 Å². The third-order valence-corrected chi connectivity index (χ3v) is 10.6. The van der Waals surface area contributed by atoms with Crippen molar-refractivity contribution in [3.05, 3.63) is 41.4 Å². The number of hydrogen-bond acceptors (Lipinski definition) is 9. The largest absolute Gasteiger partial charge is 0.444 e. The van der Waals surface area contributed by atoms with Gasteiger partial charge in [0, 0.05) is 23.0 Å². The summed E-state index contributed by atoms with van der Waals surface area (Å²) < 4.78 is 38.3. The average molecular weight is 724 g/mol. The molecule has 0 radical (unpaired) electrons. The van der Waals surface area contributed by atoms with Gasteiger partial charge < -0.3 is 25.0 Å². The SMILES string of the molecule is C=CC1CC1(NC(=O)[C@@H]1C[C@@H](OC(=O)Nc2cc(Cl)ccc2C)CN1C(=O)[C@@H](NC(=O)OC(C)(C)C)C(C)(C)C)C(=O)NS(=O)(=O)C1CC1. The molecule has 1 aromatic carbocycles. The molecule has 0 spiro atoms. The number of alkyl carbamates (subject to hydrolysis) is 1. The van der Waals surface area contributed by atoms with E-state index in [1.165, 1.54) is 11.0 Å². The average Bonchev–Trinajstić information content (AvgIpc) is 3.89. The van der Waals surface area contributed by atoms with Crippen molar-refractivity contribution in [2.75, 3.05) is 11.9 Å². The Bertz CT molecular complexity index is 1630. The van der Waals surface area contributed by atoms with Gasteiger partial charge in [0.15, 0.2) is 0 Å². The van der Waals surface area contributed by atoms with Crippen molar-refractivity contribution in [1.29, 1.82) is 0 Å². The molecule has 1 aromatic rings. The zero-order valence-electron chi connectivity index (χ0n) is 28.8. The number of aryl methyl sites for hydroxylation is 1. The van der Waals surface area contributed by atoms with Crippen molar-refractivity contribution < 1.29 is 41.9 Å². The number of anilines is 1. The zero-order chi connectivity index (χ0) is 36.7. The fourth-order valence-corrected chi connectivity index (χ4v) is 7.19. The van der Waals surface area contributed by atoms with Crippen molar-refractivity contribution in [2.24, 2.45) is 11.3 Å². The van der Waals surface area contributed by atoms with Crippen LogP contribution in [-0.4, -0.2) is 84.3 Å². The molecule has 3 aliphatic rings. The van der Waals surface area contributed by atoms with Gasteiger partial charge in [0.25, 0.3) is 5.91 Å². The summed E-state index contributed by atoms with van der Waals surface area (Å²) in [5, 5.41) is 7.67. The molecule has 3 fully saturated rings. The molecule has 14 nitrogen and oxygen atoms in total. The maximum atomic E-state index is 14.2. The van der Waals surface area contributed by atoms with Crippen LogP contribution in [0.4, 0.5) is 15.3 Å². The van der Waals surface area contributed by atoms with E-state index >= 15 is 0 Å². The summed E-state index contributed by atoms with van der Waals surface area (Å²) in [7, 11) is -3.92. The first-order valence-corrected chi connectivity index (χ1v) is 18.0. The van der Waals surface area contributed by atoms with Crippen molar-refractivity contribution >= 4 is 57.2 Å². The van der Waals surface area contributed by atoms with Crippen molar-refractivity contribution in [2.45, 2.75) is 109 Å². The smallest absolute Gasteiger partial charge is 0.411 e. The highest BCUT2D eigenvalue weighted by molar-refractivity contribution is 7.91. The predicted molar refractivity (Wildman–Crippen MR) is 182 cm³/mol. The zero-order valence-corrected chi connectivity index (χ0v) is 30.4. The fraction of sp³-hybridized carbons (Fsp3) is 0.606. The number of nitrogens with one attached hydrogen (secondary N) is 4.